The summed E-state index contributed by atoms with van der Waals surface area (Å²) in [5.74, 6) is 0.363. The molecule has 0 radical (unpaired) electrons. The molecule has 112 valence electrons. The standard InChI is InChI=1S/C17H16N2O3/c1-11-6-13(7-12(2)16(11)20)8-14(9-18)17(21)19-10-15-4-3-5-22-15/h3-8,20H,10H2,1-2H3,(H,19,21)/b14-8-. The maximum atomic E-state index is 12.0. The third-order valence-electron chi connectivity index (χ3n) is 3.19. The van der Waals surface area contributed by atoms with Gasteiger partial charge in [0.15, 0.2) is 0 Å². The SMILES string of the molecule is Cc1cc(/C=C(/C#N)C(=O)NCc2ccco2)cc(C)c1O. The summed E-state index contributed by atoms with van der Waals surface area (Å²) in [4.78, 5) is 12.0. The van der Waals surface area contributed by atoms with Crippen LogP contribution >= 0.6 is 0 Å². The molecule has 0 aliphatic heterocycles. The minimum atomic E-state index is -0.470. The summed E-state index contributed by atoms with van der Waals surface area (Å²) in [5.41, 5.74) is 2.08. The van der Waals surface area contributed by atoms with Gasteiger partial charge in [-0.15, -0.1) is 0 Å². The van der Waals surface area contributed by atoms with Gasteiger partial charge in [0.25, 0.3) is 5.91 Å². The molecule has 2 rings (SSSR count). The molecule has 22 heavy (non-hydrogen) atoms. The number of nitrogens with zero attached hydrogens (tertiary/aromatic N) is 1. The zero-order valence-corrected chi connectivity index (χ0v) is 12.4. The van der Waals surface area contributed by atoms with Crippen molar-refractivity contribution >= 4 is 12.0 Å². The Bertz CT molecular complexity index is 730. The Balaban J connectivity index is 2.16. The number of furan rings is 1. The minimum absolute atomic E-state index is 0.00366. The van der Waals surface area contributed by atoms with E-state index in [1.807, 2.05) is 6.07 Å². The molecular weight excluding hydrogens is 280 g/mol. The van der Waals surface area contributed by atoms with Crippen LogP contribution in [0.4, 0.5) is 0 Å². The summed E-state index contributed by atoms with van der Waals surface area (Å²) < 4.78 is 5.12. The second-order valence-electron chi connectivity index (χ2n) is 4.94. The highest BCUT2D eigenvalue weighted by molar-refractivity contribution is 6.01. The largest absolute Gasteiger partial charge is 0.507 e. The maximum absolute atomic E-state index is 12.0. The highest BCUT2D eigenvalue weighted by atomic mass is 16.3. The highest BCUT2D eigenvalue weighted by Crippen LogP contribution is 2.24. The first-order valence-electron chi connectivity index (χ1n) is 6.74. The van der Waals surface area contributed by atoms with Gasteiger partial charge in [0.2, 0.25) is 0 Å². The quantitative estimate of drug-likeness (QED) is 0.671. The number of carbonyl (C=O) groups is 1. The molecule has 1 amide bonds. The Labute approximate surface area is 128 Å². The van der Waals surface area contributed by atoms with Crippen LogP contribution < -0.4 is 5.32 Å². The van der Waals surface area contributed by atoms with Crippen molar-refractivity contribution in [1.29, 1.82) is 5.26 Å². The summed E-state index contributed by atoms with van der Waals surface area (Å²) in [6.07, 6.45) is 3.02. The number of hydrogen-bond acceptors (Lipinski definition) is 4. The fraction of sp³-hybridized carbons (Fsp3) is 0.176. The van der Waals surface area contributed by atoms with Crippen molar-refractivity contribution in [2.75, 3.05) is 0 Å². The number of phenols is 1. The number of benzene rings is 1. The summed E-state index contributed by atoms with van der Waals surface area (Å²) >= 11 is 0. The molecule has 0 saturated heterocycles. The zero-order valence-electron chi connectivity index (χ0n) is 12.4. The monoisotopic (exact) mass is 296 g/mol. The normalized spacial score (nSPS) is 11.0. The second kappa shape index (κ2) is 6.64. The average molecular weight is 296 g/mol. The lowest BCUT2D eigenvalue weighted by molar-refractivity contribution is -0.117. The Morgan fingerprint density at radius 1 is 1.41 bits per heavy atom. The molecule has 1 aromatic carbocycles. The van der Waals surface area contributed by atoms with E-state index in [0.29, 0.717) is 22.5 Å². The molecule has 0 saturated carbocycles. The molecule has 0 aliphatic rings. The zero-order chi connectivity index (χ0) is 16.1. The molecule has 0 atom stereocenters. The van der Waals surface area contributed by atoms with Gasteiger partial charge in [-0.1, -0.05) is 0 Å². The van der Waals surface area contributed by atoms with E-state index in [2.05, 4.69) is 5.32 Å². The summed E-state index contributed by atoms with van der Waals surface area (Å²) in [6, 6.07) is 8.80. The Morgan fingerprint density at radius 2 is 2.09 bits per heavy atom. The van der Waals surface area contributed by atoms with Crippen LogP contribution in [0.15, 0.2) is 40.5 Å². The first kappa shape index (κ1) is 15.4. The predicted molar refractivity (Wildman–Crippen MR) is 81.7 cm³/mol. The van der Waals surface area contributed by atoms with E-state index in [1.165, 1.54) is 12.3 Å². The van der Waals surface area contributed by atoms with Crippen LogP contribution in [0.2, 0.25) is 0 Å². The van der Waals surface area contributed by atoms with Crippen molar-refractivity contribution in [3.05, 3.63) is 58.6 Å². The average Bonchev–Trinajstić information content (AvgIpc) is 3.01. The van der Waals surface area contributed by atoms with Crippen LogP contribution in [0.25, 0.3) is 6.08 Å². The van der Waals surface area contributed by atoms with Crippen LogP contribution in [0.3, 0.4) is 0 Å². The van der Waals surface area contributed by atoms with Gasteiger partial charge in [-0.25, -0.2) is 0 Å². The predicted octanol–water partition coefficient (Wildman–Crippen LogP) is 2.83. The number of amides is 1. The summed E-state index contributed by atoms with van der Waals surface area (Å²) in [7, 11) is 0. The molecule has 2 aromatic rings. The summed E-state index contributed by atoms with van der Waals surface area (Å²) in [5, 5.41) is 21.5. The molecule has 1 aromatic heterocycles. The van der Waals surface area contributed by atoms with E-state index in [-0.39, 0.29) is 17.9 Å². The van der Waals surface area contributed by atoms with Crippen LogP contribution in [0, 0.1) is 25.2 Å². The molecule has 5 nitrogen and oxygen atoms in total. The second-order valence-corrected chi connectivity index (χ2v) is 4.94. The van der Waals surface area contributed by atoms with Crippen molar-refractivity contribution in [2.45, 2.75) is 20.4 Å². The molecule has 0 unspecified atom stereocenters. The van der Waals surface area contributed by atoms with Crippen molar-refractivity contribution < 1.29 is 14.3 Å². The molecule has 2 N–H and O–H groups in total. The first-order chi connectivity index (χ1) is 10.5. The first-order valence-corrected chi connectivity index (χ1v) is 6.74. The van der Waals surface area contributed by atoms with E-state index < -0.39 is 5.91 Å². The number of aryl methyl sites for hydroxylation is 2. The van der Waals surface area contributed by atoms with Gasteiger partial charge in [-0.3, -0.25) is 4.79 Å². The van der Waals surface area contributed by atoms with Crippen molar-refractivity contribution in [2.24, 2.45) is 0 Å². The van der Waals surface area contributed by atoms with Gasteiger partial charge in [0, 0.05) is 0 Å². The van der Waals surface area contributed by atoms with Crippen molar-refractivity contribution in [3.63, 3.8) is 0 Å². The molecule has 0 fully saturated rings. The minimum Gasteiger partial charge on any atom is -0.507 e. The molecule has 0 bridgehead atoms. The fourth-order valence-electron chi connectivity index (χ4n) is 2.06. The lowest BCUT2D eigenvalue weighted by atomic mass is 10.0. The Kier molecular flexibility index (Phi) is 4.64. The molecule has 0 aliphatic carbocycles. The lowest BCUT2D eigenvalue weighted by Gasteiger charge is -2.06. The van der Waals surface area contributed by atoms with E-state index in [4.69, 9.17) is 9.68 Å². The number of nitriles is 1. The Hall–Kier alpha value is -3.00. The molecular formula is C17H16N2O3. The van der Waals surface area contributed by atoms with Crippen LogP contribution in [-0.2, 0) is 11.3 Å². The van der Waals surface area contributed by atoms with E-state index >= 15 is 0 Å². The summed E-state index contributed by atoms with van der Waals surface area (Å²) in [6.45, 7) is 3.75. The van der Waals surface area contributed by atoms with Gasteiger partial charge >= 0.3 is 0 Å². The van der Waals surface area contributed by atoms with E-state index in [1.54, 1.807) is 38.1 Å². The number of hydrogen-bond donors (Lipinski definition) is 2. The van der Waals surface area contributed by atoms with E-state index in [0.717, 1.165) is 0 Å². The third kappa shape index (κ3) is 3.55. The number of aromatic hydroxyl groups is 1. The van der Waals surface area contributed by atoms with Gasteiger partial charge < -0.3 is 14.8 Å². The highest BCUT2D eigenvalue weighted by Gasteiger charge is 2.10. The van der Waals surface area contributed by atoms with Crippen LogP contribution in [0.5, 0.6) is 5.75 Å². The number of carbonyl (C=O) groups excluding carboxylic acids is 1. The Morgan fingerprint density at radius 3 is 2.64 bits per heavy atom. The van der Waals surface area contributed by atoms with Crippen LogP contribution in [-0.4, -0.2) is 11.0 Å². The number of phenolic OH excluding ortho intramolecular Hbond substituents is 1. The smallest absolute Gasteiger partial charge is 0.262 e. The fourth-order valence-corrected chi connectivity index (χ4v) is 2.06. The van der Waals surface area contributed by atoms with Crippen molar-refractivity contribution in [3.8, 4) is 11.8 Å². The number of nitrogens with one attached hydrogen (secondary N) is 1. The van der Waals surface area contributed by atoms with Crippen LogP contribution in [0.1, 0.15) is 22.5 Å². The van der Waals surface area contributed by atoms with Gasteiger partial charge in [-0.05, 0) is 60.9 Å². The topological polar surface area (TPSA) is 86.3 Å². The maximum Gasteiger partial charge on any atom is 0.262 e. The molecule has 0 spiro atoms. The van der Waals surface area contributed by atoms with Gasteiger partial charge in [-0.2, -0.15) is 5.26 Å². The van der Waals surface area contributed by atoms with Gasteiger partial charge in [0.05, 0.1) is 12.8 Å². The van der Waals surface area contributed by atoms with E-state index in [9.17, 15) is 9.90 Å². The third-order valence-corrected chi connectivity index (χ3v) is 3.19. The molecule has 1 heterocycles. The van der Waals surface area contributed by atoms with Crippen molar-refractivity contribution in [1.82, 2.24) is 5.32 Å². The lowest BCUT2D eigenvalue weighted by Crippen LogP contribution is -2.23. The number of rotatable bonds is 4. The molecule has 5 heteroatoms. The van der Waals surface area contributed by atoms with Gasteiger partial charge in [0.1, 0.15) is 23.2 Å².